The fourth-order valence-electron chi connectivity index (χ4n) is 2.56. The number of H-pyrrole nitrogens is 1. The van der Waals surface area contributed by atoms with Crippen molar-refractivity contribution in [1.29, 1.82) is 0 Å². The monoisotopic (exact) mass is 450 g/mol. The van der Waals surface area contributed by atoms with Crippen LogP contribution in [0.15, 0.2) is 61.2 Å². The van der Waals surface area contributed by atoms with E-state index in [4.69, 9.17) is 11.6 Å². The number of rotatable bonds is 5. The molecule has 0 aliphatic heterocycles. The van der Waals surface area contributed by atoms with Gasteiger partial charge in [0, 0.05) is 61.1 Å². The molecule has 6 nitrogen and oxygen atoms in total. The second-order valence-corrected chi connectivity index (χ2v) is 7.52. The Labute approximate surface area is 190 Å². The maximum absolute atomic E-state index is 5.35. The Kier molecular flexibility index (Phi) is 12.1. The molecule has 8 heteroatoms. The molecule has 0 aliphatic carbocycles. The number of nitrogens with one attached hydrogen (secondary N) is 1. The minimum atomic E-state index is 0. The van der Waals surface area contributed by atoms with E-state index in [0.29, 0.717) is 0 Å². The van der Waals surface area contributed by atoms with E-state index in [1.54, 1.807) is 6.20 Å². The molecule has 0 unspecified atom stereocenters. The van der Waals surface area contributed by atoms with E-state index in [9.17, 15) is 0 Å². The van der Waals surface area contributed by atoms with Gasteiger partial charge in [0.25, 0.3) is 0 Å². The van der Waals surface area contributed by atoms with Crippen LogP contribution in [-0.4, -0.2) is 76.5 Å². The number of likely N-dealkylation sites (N-methyl/N-ethyl adjacent to an activating group) is 1. The Hall–Kier alpha value is -2.12. The first-order valence-electron chi connectivity index (χ1n) is 9.64. The lowest BCUT2D eigenvalue weighted by Gasteiger charge is -2.10. The number of nitrogens with zero attached hydrogens (tertiary/aromatic N) is 5. The second kappa shape index (κ2) is 14.0. The van der Waals surface area contributed by atoms with Crippen molar-refractivity contribution in [3.8, 4) is 0 Å². The molecule has 0 aliphatic rings. The zero-order valence-electron chi connectivity index (χ0n) is 18.1. The van der Waals surface area contributed by atoms with Crippen molar-refractivity contribution in [1.82, 2.24) is 29.3 Å². The third-order valence-electron chi connectivity index (χ3n) is 4.16. The summed E-state index contributed by atoms with van der Waals surface area (Å²) in [4.78, 5) is 15.7. The van der Waals surface area contributed by atoms with Crippen LogP contribution in [0.25, 0.3) is 22.1 Å². The van der Waals surface area contributed by atoms with Crippen LogP contribution >= 0.6 is 24.0 Å². The van der Waals surface area contributed by atoms with Crippen molar-refractivity contribution < 1.29 is 0 Å². The molecule has 0 spiro atoms. The summed E-state index contributed by atoms with van der Waals surface area (Å²) in [6.07, 6.45) is 7.60. The number of fused-ring (bicyclic) bond motifs is 2. The van der Waals surface area contributed by atoms with Crippen molar-refractivity contribution in [3.05, 3.63) is 61.2 Å². The lowest BCUT2D eigenvalue weighted by Crippen LogP contribution is -2.18. The van der Waals surface area contributed by atoms with Crippen molar-refractivity contribution in [2.24, 2.45) is 0 Å². The van der Waals surface area contributed by atoms with Crippen LogP contribution in [-0.2, 0) is 6.54 Å². The quantitative estimate of drug-likeness (QED) is 0.458. The van der Waals surface area contributed by atoms with E-state index in [1.165, 1.54) is 5.39 Å². The zero-order chi connectivity index (χ0) is 21.1. The Bertz CT molecular complexity index is 934. The van der Waals surface area contributed by atoms with Crippen molar-refractivity contribution in [2.45, 2.75) is 6.54 Å². The van der Waals surface area contributed by atoms with Crippen LogP contribution in [0.5, 0.6) is 0 Å². The normalized spacial score (nSPS) is 10.4. The van der Waals surface area contributed by atoms with Gasteiger partial charge in [0.1, 0.15) is 11.3 Å². The Balaban J connectivity index is 0.000000243. The third-order valence-corrected chi connectivity index (χ3v) is 4.33. The van der Waals surface area contributed by atoms with E-state index in [1.807, 2.05) is 55.7 Å². The van der Waals surface area contributed by atoms with E-state index in [0.717, 1.165) is 42.2 Å². The molecule has 0 aromatic carbocycles. The summed E-state index contributed by atoms with van der Waals surface area (Å²) in [6, 6.07) is 12.1. The standard InChI is InChI=1S/C11H15N3.C7H6N2.C4H10ClN.ClH/c1-13(2)8-9-14-7-5-10-4-3-6-12-11(10)14;1-2-6-3-5-9-7(6)8-4-1;1-6(2)4-3-5;/h3-7H,8-9H2,1-2H3;1-5H,(H,8,9);3-4H2,1-2H3;1H. The minimum absolute atomic E-state index is 0. The summed E-state index contributed by atoms with van der Waals surface area (Å²) < 4.78 is 2.19. The highest BCUT2D eigenvalue weighted by atomic mass is 35.5. The summed E-state index contributed by atoms with van der Waals surface area (Å²) >= 11 is 5.35. The Morgan fingerprint density at radius 2 is 1.57 bits per heavy atom. The summed E-state index contributed by atoms with van der Waals surface area (Å²) in [5, 5.41) is 2.38. The number of alkyl halides is 1. The van der Waals surface area contributed by atoms with Gasteiger partial charge in [-0.15, -0.1) is 24.0 Å². The molecule has 0 amide bonds. The van der Waals surface area contributed by atoms with Gasteiger partial charge in [0.05, 0.1) is 0 Å². The van der Waals surface area contributed by atoms with E-state index >= 15 is 0 Å². The Morgan fingerprint density at radius 1 is 0.900 bits per heavy atom. The predicted molar refractivity (Wildman–Crippen MR) is 131 cm³/mol. The van der Waals surface area contributed by atoms with Gasteiger partial charge in [0.15, 0.2) is 0 Å². The van der Waals surface area contributed by atoms with Crippen LogP contribution in [0.3, 0.4) is 0 Å². The molecule has 4 heterocycles. The fraction of sp³-hybridized carbons (Fsp3) is 0.364. The minimum Gasteiger partial charge on any atom is -0.346 e. The molecule has 0 fully saturated rings. The maximum Gasteiger partial charge on any atom is 0.139 e. The van der Waals surface area contributed by atoms with Gasteiger partial charge < -0.3 is 19.4 Å². The highest BCUT2D eigenvalue weighted by Gasteiger charge is 2.00. The van der Waals surface area contributed by atoms with Crippen LogP contribution in [0.1, 0.15) is 0 Å². The van der Waals surface area contributed by atoms with Gasteiger partial charge in [-0.05, 0) is 64.6 Å². The molecular formula is C22H32Cl2N6. The van der Waals surface area contributed by atoms with Crippen molar-refractivity contribution in [3.63, 3.8) is 0 Å². The van der Waals surface area contributed by atoms with Gasteiger partial charge >= 0.3 is 0 Å². The molecule has 0 saturated carbocycles. The average Bonchev–Trinajstić information content (AvgIpc) is 3.34. The maximum atomic E-state index is 5.35. The molecule has 1 N–H and O–H groups in total. The number of hydrogen-bond donors (Lipinski definition) is 1. The van der Waals surface area contributed by atoms with Gasteiger partial charge in [0.2, 0.25) is 0 Å². The molecular weight excluding hydrogens is 419 g/mol. The first-order valence-corrected chi connectivity index (χ1v) is 10.2. The highest BCUT2D eigenvalue weighted by molar-refractivity contribution is 6.18. The highest BCUT2D eigenvalue weighted by Crippen LogP contribution is 2.11. The lowest BCUT2D eigenvalue weighted by molar-refractivity contribution is 0.386. The summed E-state index contributed by atoms with van der Waals surface area (Å²) in [5.74, 6) is 0.729. The molecule has 4 aromatic rings. The lowest BCUT2D eigenvalue weighted by atomic mass is 10.3. The van der Waals surface area contributed by atoms with Crippen LogP contribution in [0.4, 0.5) is 0 Å². The Morgan fingerprint density at radius 3 is 2.17 bits per heavy atom. The first kappa shape index (κ1) is 25.9. The van der Waals surface area contributed by atoms with E-state index in [2.05, 4.69) is 56.8 Å². The molecule has 0 saturated heterocycles. The number of pyridine rings is 2. The smallest absolute Gasteiger partial charge is 0.139 e. The van der Waals surface area contributed by atoms with Gasteiger partial charge in [-0.2, -0.15) is 0 Å². The van der Waals surface area contributed by atoms with Crippen LogP contribution < -0.4 is 0 Å². The molecule has 0 bridgehead atoms. The van der Waals surface area contributed by atoms with E-state index in [-0.39, 0.29) is 12.4 Å². The molecule has 0 atom stereocenters. The number of halogens is 2. The zero-order valence-corrected chi connectivity index (χ0v) is 19.7. The number of aromatic amines is 1. The van der Waals surface area contributed by atoms with Crippen LogP contribution in [0.2, 0.25) is 0 Å². The fourth-order valence-corrected chi connectivity index (χ4v) is 2.90. The van der Waals surface area contributed by atoms with Gasteiger partial charge in [-0.25, -0.2) is 9.97 Å². The van der Waals surface area contributed by atoms with E-state index < -0.39 is 0 Å². The molecule has 164 valence electrons. The summed E-state index contributed by atoms with van der Waals surface area (Å²) in [7, 11) is 8.17. The van der Waals surface area contributed by atoms with Crippen molar-refractivity contribution >= 4 is 46.1 Å². The van der Waals surface area contributed by atoms with Crippen molar-refractivity contribution in [2.75, 3.05) is 47.2 Å². The topological polar surface area (TPSA) is 53.0 Å². The second-order valence-electron chi connectivity index (χ2n) is 7.14. The molecule has 0 radical (unpaired) electrons. The molecule has 30 heavy (non-hydrogen) atoms. The van der Waals surface area contributed by atoms with Gasteiger partial charge in [-0.3, -0.25) is 0 Å². The first-order chi connectivity index (χ1) is 14.0. The largest absolute Gasteiger partial charge is 0.346 e. The average molecular weight is 451 g/mol. The van der Waals surface area contributed by atoms with Crippen LogP contribution in [0, 0.1) is 0 Å². The number of hydrogen-bond acceptors (Lipinski definition) is 4. The SMILES string of the molecule is CN(C)CCCl.CN(C)CCn1ccc2cccnc21.Cl.c1cnc2[nH]ccc2c1. The predicted octanol–water partition coefficient (Wildman–Crippen LogP) is 4.37. The molecule has 4 aromatic heterocycles. The summed E-state index contributed by atoms with van der Waals surface area (Å²) in [5.41, 5.74) is 2.03. The molecule has 4 rings (SSSR count). The number of aromatic nitrogens is 4. The summed E-state index contributed by atoms with van der Waals surface area (Å²) in [6.45, 7) is 3.01. The van der Waals surface area contributed by atoms with Gasteiger partial charge in [-0.1, -0.05) is 0 Å². The third kappa shape index (κ3) is 8.71.